The van der Waals surface area contributed by atoms with E-state index in [9.17, 15) is 13.2 Å². The fourth-order valence-electron chi connectivity index (χ4n) is 2.30. The standard InChI is InChI=1S/C14H14ClN7O4S/c1-7-5-4-6-22-10(7)18-9(15)11(22)27(24,25)21-13(23)19-12-16-8(2)17-14(20-12)26-3/h4-6H,1-3H3,(H2,16,17,19,20,21,23). The van der Waals surface area contributed by atoms with Crippen LogP contribution in [0.2, 0.25) is 5.15 Å². The van der Waals surface area contributed by atoms with Crippen LogP contribution in [0.1, 0.15) is 11.4 Å². The fourth-order valence-corrected chi connectivity index (χ4v) is 3.84. The van der Waals surface area contributed by atoms with Crippen LogP contribution in [-0.2, 0) is 10.0 Å². The third-order valence-electron chi connectivity index (χ3n) is 3.38. The number of nitrogens with one attached hydrogen (secondary N) is 2. The van der Waals surface area contributed by atoms with E-state index in [1.54, 1.807) is 26.0 Å². The van der Waals surface area contributed by atoms with Crippen LogP contribution in [0.5, 0.6) is 6.01 Å². The van der Waals surface area contributed by atoms with Gasteiger partial charge in [-0.3, -0.25) is 9.72 Å². The highest BCUT2D eigenvalue weighted by atomic mass is 35.5. The molecular weight excluding hydrogens is 398 g/mol. The van der Waals surface area contributed by atoms with E-state index in [0.717, 1.165) is 5.56 Å². The summed E-state index contributed by atoms with van der Waals surface area (Å²) in [6.07, 6.45) is 1.48. The number of methoxy groups -OCH3 is 1. The Bertz CT molecular complexity index is 1150. The number of imidazole rings is 1. The number of nitrogens with zero attached hydrogens (tertiary/aromatic N) is 5. The summed E-state index contributed by atoms with van der Waals surface area (Å²) in [5.41, 5.74) is 1.08. The highest BCUT2D eigenvalue weighted by Gasteiger charge is 2.27. The Morgan fingerprint density at radius 1 is 1.22 bits per heavy atom. The Morgan fingerprint density at radius 3 is 2.67 bits per heavy atom. The molecule has 3 aromatic heterocycles. The summed E-state index contributed by atoms with van der Waals surface area (Å²) in [4.78, 5) is 27.7. The van der Waals surface area contributed by atoms with Crippen LogP contribution >= 0.6 is 11.6 Å². The largest absolute Gasteiger partial charge is 0.467 e. The average molecular weight is 412 g/mol. The lowest BCUT2D eigenvalue weighted by molar-refractivity contribution is 0.256. The van der Waals surface area contributed by atoms with Gasteiger partial charge in [0, 0.05) is 6.20 Å². The maximum Gasteiger partial charge on any atom is 0.335 e. The lowest BCUT2D eigenvalue weighted by atomic mass is 10.3. The molecule has 27 heavy (non-hydrogen) atoms. The first kappa shape index (κ1) is 18.8. The first-order chi connectivity index (χ1) is 12.7. The Kier molecular flexibility index (Phi) is 4.85. The average Bonchev–Trinajstić information content (AvgIpc) is 2.91. The molecule has 3 rings (SSSR count). The zero-order valence-corrected chi connectivity index (χ0v) is 16.0. The van der Waals surface area contributed by atoms with Crippen molar-refractivity contribution in [1.82, 2.24) is 29.1 Å². The summed E-state index contributed by atoms with van der Waals surface area (Å²) in [6, 6.07) is 2.28. The fraction of sp³-hybridized carbons (Fsp3) is 0.214. The van der Waals surface area contributed by atoms with E-state index >= 15 is 0 Å². The SMILES string of the molecule is COc1nc(C)nc(NC(=O)NS(=O)(=O)c2c(Cl)nc3c(C)cccn23)n1. The number of hydrogen-bond acceptors (Lipinski definition) is 8. The zero-order chi connectivity index (χ0) is 19.8. The summed E-state index contributed by atoms with van der Waals surface area (Å²) in [5, 5.41) is 1.59. The van der Waals surface area contributed by atoms with E-state index < -0.39 is 16.1 Å². The molecule has 0 spiro atoms. The molecule has 0 atom stereocenters. The molecule has 0 unspecified atom stereocenters. The number of carbonyl (C=O) groups excluding carboxylic acids is 1. The smallest absolute Gasteiger partial charge is 0.335 e. The number of sulfonamides is 1. The van der Waals surface area contributed by atoms with Crippen molar-refractivity contribution in [2.45, 2.75) is 18.9 Å². The molecule has 13 heteroatoms. The molecule has 142 valence electrons. The molecule has 0 aliphatic carbocycles. The molecule has 11 nitrogen and oxygen atoms in total. The van der Waals surface area contributed by atoms with Gasteiger partial charge < -0.3 is 4.74 Å². The second-order valence-corrected chi connectivity index (χ2v) is 7.30. The highest BCUT2D eigenvalue weighted by Crippen LogP contribution is 2.24. The normalized spacial score (nSPS) is 11.4. The van der Waals surface area contributed by atoms with Gasteiger partial charge in [-0.1, -0.05) is 17.7 Å². The quantitative estimate of drug-likeness (QED) is 0.654. The molecule has 0 saturated heterocycles. The van der Waals surface area contributed by atoms with E-state index in [-0.39, 0.29) is 28.0 Å². The topological polar surface area (TPSA) is 140 Å². The number of pyridine rings is 1. The molecule has 3 aromatic rings. The second kappa shape index (κ2) is 6.96. The number of halogens is 1. The van der Waals surface area contributed by atoms with Gasteiger partial charge >= 0.3 is 12.0 Å². The van der Waals surface area contributed by atoms with Crippen molar-refractivity contribution in [2.24, 2.45) is 0 Å². The number of urea groups is 1. The van der Waals surface area contributed by atoms with Crippen molar-refractivity contribution in [3.8, 4) is 6.01 Å². The number of aryl methyl sites for hydroxylation is 2. The van der Waals surface area contributed by atoms with E-state index in [0.29, 0.717) is 5.65 Å². The molecular formula is C14H14ClN7O4S. The Balaban J connectivity index is 1.89. The van der Waals surface area contributed by atoms with Gasteiger partial charge in [-0.2, -0.15) is 23.4 Å². The van der Waals surface area contributed by atoms with Gasteiger partial charge in [0.1, 0.15) is 11.5 Å². The lowest BCUT2D eigenvalue weighted by Gasteiger charge is -2.09. The molecule has 0 aromatic carbocycles. The van der Waals surface area contributed by atoms with Crippen molar-refractivity contribution in [1.29, 1.82) is 0 Å². The van der Waals surface area contributed by atoms with E-state index in [2.05, 4.69) is 25.3 Å². The number of carbonyl (C=O) groups is 1. The number of anilines is 1. The second-order valence-electron chi connectivity index (χ2n) is 5.35. The molecule has 0 aliphatic heterocycles. The molecule has 3 heterocycles. The summed E-state index contributed by atoms with van der Waals surface area (Å²) in [6.45, 7) is 3.32. The van der Waals surface area contributed by atoms with Crippen molar-refractivity contribution in [3.05, 3.63) is 34.9 Å². The van der Waals surface area contributed by atoms with Gasteiger partial charge in [-0.15, -0.1) is 0 Å². The van der Waals surface area contributed by atoms with Gasteiger partial charge in [0.15, 0.2) is 10.2 Å². The highest BCUT2D eigenvalue weighted by molar-refractivity contribution is 7.90. The molecule has 0 saturated carbocycles. The van der Waals surface area contributed by atoms with Gasteiger partial charge in [0.05, 0.1) is 7.11 Å². The third-order valence-corrected chi connectivity index (χ3v) is 5.11. The molecule has 2 N–H and O–H groups in total. The van der Waals surface area contributed by atoms with Crippen LogP contribution in [0.25, 0.3) is 5.65 Å². The maximum absolute atomic E-state index is 12.6. The first-order valence-corrected chi connectivity index (χ1v) is 9.31. The molecule has 0 fully saturated rings. The third kappa shape index (κ3) is 3.75. The number of hydrogen-bond donors (Lipinski definition) is 2. The molecule has 0 aliphatic rings. The van der Waals surface area contributed by atoms with Gasteiger partial charge in [-0.25, -0.2) is 14.5 Å². The van der Waals surface area contributed by atoms with E-state index in [1.807, 2.05) is 4.72 Å². The van der Waals surface area contributed by atoms with Crippen molar-refractivity contribution < 1.29 is 17.9 Å². The predicted octanol–water partition coefficient (Wildman–Crippen LogP) is 1.31. The van der Waals surface area contributed by atoms with Crippen LogP contribution in [0, 0.1) is 13.8 Å². The number of amides is 2. The first-order valence-electron chi connectivity index (χ1n) is 7.45. The molecule has 0 radical (unpaired) electrons. The summed E-state index contributed by atoms with van der Waals surface area (Å²) < 4.78 is 33.3. The van der Waals surface area contributed by atoms with E-state index in [1.165, 1.54) is 17.7 Å². The van der Waals surface area contributed by atoms with Crippen LogP contribution in [0.4, 0.5) is 10.7 Å². The summed E-state index contributed by atoms with van der Waals surface area (Å²) in [7, 11) is -2.99. The van der Waals surface area contributed by atoms with Crippen molar-refractivity contribution in [2.75, 3.05) is 12.4 Å². The molecule has 0 bridgehead atoms. The van der Waals surface area contributed by atoms with Crippen LogP contribution in [-0.4, -0.2) is 45.9 Å². The minimum absolute atomic E-state index is 0.0269. The zero-order valence-electron chi connectivity index (χ0n) is 14.4. The van der Waals surface area contributed by atoms with Crippen molar-refractivity contribution in [3.63, 3.8) is 0 Å². The van der Waals surface area contributed by atoms with E-state index in [4.69, 9.17) is 16.3 Å². The van der Waals surface area contributed by atoms with Gasteiger partial charge in [0.25, 0.3) is 10.0 Å². The predicted molar refractivity (Wildman–Crippen MR) is 95.4 cm³/mol. The number of fused-ring (bicyclic) bond motifs is 1. The minimum atomic E-state index is -4.33. The minimum Gasteiger partial charge on any atom is -0.467 e. The Labute approximate surface area is 158 Å². The van der Waals surface area contributed by atoms with Gasteiger partial charge in [-0.05, 0) is 25.5 Å². The number of rotatable bonds is 4. The number of ether oxygens (including phenoxy) is 1. The lowest BCUT2D eigenvalue weighted by Crippen LogP contribution is -2.35. The van der Waals surface area contributed by atoms with Crippen molar-refractivity contribution >= 4 is 39.3 Å². The summed E-state index contributed by atoms with van der Waals surface area (Å²) >= 11 is 6.00. The Hall–Kier alpha value is -2.99. The number of aromatic nitrogens is 5. The van der Waals surface area contributed by atoms with Crippen LogP contribution in [0.15, 0.2) is 23.4 Å². The summed E-state index contributed by atoms with van der Waals surface area (Å²) in [5.74, 6) is 0.104. The maximum atomic E-state index is 12.6. The van der Waals surface area contributed by atoms with Gasteiger partial charge in [0.2, 0.25) is 5.95 Å². The van der Waals surface area contributed by atoms with Crippen LogP contribution in [0.3, 0.4) is 0 Å². The monoisotopic (exact) mass is 411 g/mol. The Morgan fingerprint density at radius 2 is 1.96 bits per heavy atom. The van der Waals surface area contributed by atoms with Crippen LogP contribution < -0.4 is 14.8 Å². The molecule has 2 amide bonds.